The molecule has 0 aliphatic rings. The Balaban J connectivity index is 3.17. The third kappa shape index (κ3) is 1.02. The van der Waals surface area contributed by atoms with Crippen LogP contribution in [-0.2, 0) is 12.8 Å². The van der Waals surface area contributed by atoms with E-state index in [-0.39, 0.29) is 11.1 Å². The van der Waals surface area contributed by atoms with Crippen LogP contribution in [0.15, 0.2) is 5.16 Å². The van der Waals surface area contributed by atoms with Crippen LogP contribution in [0, 0.1) is 5.41 Å². The highest BCUT2D eigenvalue weighted by atomic mass is 32.1. The average molecular weight is 176 g/mol. The van der Waals surface area contributed by atoms with Crippen molar-refractivity contribution >= 4 is 31.4 Å². The monoisotopic (exact) mass is 176 g/mol. The fraction of sp³-hybridized carbons (Fsp3) is 0. The van der Waals surface area contributed by atoms with E-state index in [4.69, 9.17) is 11.1 Å². The highest BCUT2D eigenvalue weighted by molar-refractivity contribution is 7.80. The lowest BCUT2D eigenvalue weighted by Gasteiger charge is -2.01. The van der Waals surface area contributed by atoms with E-state index in [0.29, 0.717) is 0 Å². The molecule has 6 nitrogen and oxygen atoms in total. The molecule has 54 valence electrons. The van der Waals surface area contributed by atoms with Gasteiger partial charge >= 0.3 is 5.16 Å². The molecule has 0 fully saturated rings. The smallest absolute Gasteiger partial charge is 0.339 e. The van der Waals surface area contributed by atoms with Crippen molar-refractivity contribution in [3.63, 3.8) is 0 Å². The molecule has 3 N–H and O–H groups in total. The summed E-state index contributed by atoms with van der Waals surface area (Å²) in [5.74, 6) is -0.289. The van der Waals surface area contributed by atoms with E-state index < -0.39 is 0 Å². The number of rotatable bonds is 0. The van der Waals surface area contributed by atoms with Gasteiger partial charge in [-0.2, -0.15) is 0 Å². The second-order valence-corrected chi connectivity index (χ2v) is 2.18. The van der Waals surface area contributed by atoms with E-state index in [2.05, 4.69) is 35.8 Å². The van der Waals surface area contributed by atoms with Crippen molar-refractivity contribution in [3.8, 4) is 0 Å². The average Bonchev–Trinajstić information content (AvgIpc) is 2.14. The first-order valence-corrected chi connectivity index (χ1v) is 3.03. The van der Waals surface area contributed by atoms with Crippen LogP contribution in [-0.4, -0.2) is 21.1 Å². The van der Waals surface area contributed by atoms with E-state index >= 15 is 0 Å². The number of nitrogens with one attached hydrogen (secondary N) is 1. The highest BCUT2D eigenvalue weighted by Crippen LogP contribution is 1.85. The van der Waals surface area contributed by atoms with Gasteiger partial charge in [-0.1, -0.05) is 12.6 Å². The third-order valence-corrected chi connectivity index (χ3v) is 1.52. The fourth-order valence-electron chi connectivity index (χ4n) is 0.388. The Bertz CT molecular complexity index is 265. The standard InChI is InChI=1S/C2H4N6S2/c3-1(4)7-6-5-2(9)8(7)10/h9H,(H3,3,4). The van der Waals surface area contributed by atoms with Crippen molar-refractivity contribution in [2.45, 2.75) is 5.16 Å². The van der Waals surface area contributed by atoms with Gasteiger partial charge in [0, 0.05) is 0 Å². The molecule has 0 unspecified atom stereocenters. The van der Waals surface area contributed by atoms with E-state index in [1.54, 1.807) is 0 Å². The maximum atomic E-state index is 6.91. The zero-order valence-corrected chi connectivity index (χ0v) is 6.43. The molecule has 8 heteroatoms. The summed E-state index contributed by atoms with van der Waals surface area (Å²) in [7, 11) is 0. The van der Waals surface area contributed by atoms with Crippen LogP contribution in [0.4, 0.5) is 0 Å². The molecule has 0 saturated carbocycles. The SMILES string of the molecule is N=C(N)n1nnc(S)[n+]1[S-]. The van der Waals surface area contributed by atoms with Gasteiger partial charge in [-0.15, -0.1) is 0 Å². The first kappa shape index (κ1) is 7.22. The molecule has 0 amide bonds. The topological polar surface area (TPSA) is 84.5 Å². The van der Waals surface area contributed by atoms with Gasteiger partial charge in [0.1, 0.15) is 5.10 Å². The third-order valence-electron chi connectivity index (χ3n) is 0.778. The predicted octanol–water partition coefficient (Wildman–Crippen LogP) is -2.09. The van der Waals surface area contributed by atoms with Crippen molar-refractivity contribution in [3.05, 3.63) is 0 Å². The summed E-state index contributed by atoms with van der Waals surface area (Å²) in [4.78, 5) is 0.942. The number of hydrogen-bond acceptors (Lipinski definition) is 5. The van der Waals surface area contributed by atoms with Crippen LogP contribution < -0.4 is 9.82 Å². The Morgan fingerprint density at radius 3 is 2.70 bits per heavy atom. The zero-order valence-electron chi connectivity index (χ0n) is 4.72. The Kier molecular flexibility index (Phi) is 1.72. The largest absolute Gasteiger partial charge is 0.571 e. The summed E-state index contributed by atoms with van der Waals surface area (Å²) in [5, 5.41) is 14.0. The van der Waals surface area contributed by atoms with Crippen LogP contribution >= 0.6 is 12.6 Å². The molecular weight excluding hydrogens is 172 g/mol. The van der Waals surface area contributed by atoms with E-state index in [9.17, 15) is 0 Å². The predicted molar refractivity (Wildman–Crippen MR) is 37.5 cm³/mol. The molecule has 0 aliphatic carbocycles. The quantitative estimate of drug-likeness (QED) is 0.139. The summed E-state index contributed by atoms with van der Waals surface area (Å²) in [6.07, 6.45) is 0. The van der Waals surface area contributed by atoms with Crippen molar-refractivity contribution < 1.29 is 4.09 Å². The normalized spacial score (nSPS) is 9.70. The summed E-state index contributed by atoms with van der Waals surface area (Å²) in [6.45, 7) is 0. The van der Waals surface area contributed by atoms with Gasteiger partial charge < -0.3 is 18.5 Å². The Labute approximate surface area is 67.5 Å². The molecule has 0 atom stereocenters. The number of thiol groups is 1. The summed E-state index contributed by atoms with van der Waals surface area (Å²) >= 11 is 8.49. The minimum atomic E-state index is -0.289. The van der Waals surface area contributed by atoms with Gasteiger partial charge in [-0.3, -0.25) is 9.50 Å². The molecule has 0 saturated heterocycles. The summed E-state index contributed by atoms with van der Waals surface area (Å²) < 4.78 is 1.03. The van der Waals surface area contributed by atoms with Gasteiger partial charge in [-0.25, -0.2) is 0 Å². The van der Waals surface area contributed by atoms with Crippen LogP contribution in [0.3, 0.4) is 0 Å². The van der Waals surface area contributed by atoms with Gasteiger partial charge in [-0.05, 0) is 4.80 Å². The Hall–Kier alpha value is -0.890. The van der Waals surface area contributed by atoms with E-state index in [1.807, 2.05) is 0 Å². The molecule has 0 spiro atoms. The number of nitrogen functional groups attached to an aromatic ring is 1. The van der Waals surface area contributed by atoms with Crippen LogP contribution in [0.1, 0.15) is 0 Å². The van der Waals surface area contributed by atoms with Gasteiger partial charge in [0.15, 0.2) is 5.21 Å². The van der Waals surface area contributed by atoms with E-state index in [0.717, 1.165) is 8.88 Å². The van der Waals surface area contributed by atoms with Gasteiger partial charge in [0.25, 0.3) is 5.96 Å². The van der Waals surface area contributed by atoms with Crippen LogP contribution in [0.2, 0.25) is 0 Å². The maximum absolute atomic E-state index is 6.91. The van der Waals surface area contributed by atoms with Crippen molar-refractivity contribution in [1.29, 1.82) is 5.41 Å². The van der Waals surface area contributed by atoms with Gasteiger partial charge in [0.05, 0.1) is 0 Å². The molecule has 1 aromatic heterocycles. The summed E-state index contributed by atoms with van der Waals surface area (Å²) in [5.41, 5.74) is 5.05. The molecule has 1 rings (SSSR count). The molecule has 1 aromatic rings. The van der Waals surface area contributed by atoms with Crippen molar-refractivity contribution in [2.24, 2.45) is 5.73 Å². The zero-order chi connectivity index (χ0) is 7.72. The van der Waals surface area contributed by atoms with E-state index in [1.165, 1.54) is 0 Å². The molecule has 1 heterocycles. The number of tetrazole rings is 1. The lowest BCUT2D eigenvalue weighted by atomic mass is 11.1. The van der Waals surface area contributed by atoms with Crippen LogP contribution in [0.5, 0.6) is 0 Å². The lowest BCUT2D eigenvalue weighted by molar-refractivity contribution is -0.621. The first-order chi connectivity index (χ1) is 4.63. The molecular formula is C2H4N6S2. The minimum absolute atomic E-state index is 0.227. The maximum Gasteiger partial charge on any atom is 0.339 e. The molecule has 0 radical (unpaired) electrons. The first-order valence-electron chi connectivity index (χ1n) is 2.22. The lowest BCUT2D eigenvalue weighted by Crippen LogP contribution is -2.45. The van der Waals surface area contributed by atoms with Crippen molar-refractivity contribution in [1.82, 2.24) is 15.1 Å². The molecule has 10 heavy (non-hydrogen) atoms. The second-order valence-electron chi connectivity index (χ2n) is 1.44. The Morgan fingerprint density at radius 2 is 2.50 bits per heavy atom. The van der Waals surface area contributed by atoms with Crippen LogP contribution in [0.25, 0.3) is 0 Å². The molecule has 0 aromatic carbocycles. The van der Waals surface area contributed by atoms with Crippen molar-refractivity contribution in [2.75, 3.05) is 0 Å². The summed E-state index contributed by atoms with van der Waals surface area (Å²) in [6, 6.07) is 0. The highest BCUT2D eigenvalue weighted by Gasteiger charge is 2.09. The fourth-order valence-corrected chi connectivity index (χ4v) is 0.670. The number of aromatic nitrogens is 4. The molecule has 0 aliphatic heterocycles. The van der Waals surface area contributed by atoms with Gasteiger partial charge in [0.2, 0.25) is 0 Å². The second kappa shape index (κ2) is 2.39. The molecule has 0 bridgehead atoms. The number of nitrogens with zero attached hydrogens (tertiary/aromatic N) is 4. The Morgan fingerprint density at radius 1 is 1.90 bits per heavy atom. The number of nitrogens with two attached hydrogens (primary N) is 1. The minimum Gasteiger partial charge on any atom is -0.571 e. The number of hydrogen-bond donors (Lipinski definition) is 3.